The van der Waals surface area contributed by atoms with E-state index in [9.17, 15) is 8.42 Å². The molecule has 0 aromatic heterocycles. The molecule has 1 aliphatic heterocycles. The predicted octanol–water partition coefficient (Wildman–Crippen LogP) is 4.86. The molecule has 1 heterocycles. The van der Waals surface area contributed by atoms with E-state index in [1.165, 1.54) is 6.07 Å². The van der Waals surface area contributed by atoms with Gasteiger partial charge in [0.05, 0.1) is 4.90 Å². The number of halogens is 2. The molecule has 1 saturated heterocycles. The molecule has 0 aliphatic carbocycles. The van der Waals surface area contributed by atoms with E-state index in [2.05, 4.69) is 0 Å². The van der Waals surface area contributed by atoms with Crippen molar-refractivity contribution >= 4 is 45.0 Å². The maximum Gasteiger partial charge on any atom is 0.243 e. The Morgan fingerprint density at radius 3 is 2.58 bits per heavy atom. The Labute approximate surface area is 157 Å². The summed E-state index contributed by atoms with van der Waals surface area (Å²) in [4.78, 5) is 0.246. The van der Waals surface area contributed by atoms with Gasteiger partial charge in [0.2, 0.25) is 10.0 Å². The van der Waals surface area contributed by atoms with Crippen LogP contribution in [0.3, 0.4) is 0 Å². The number of hydrogen-bond donors (Lipinski definition) is 0. The van der Waals surface area contributed by atoms with Crippen LogP contribution in [0.25, 0.3) is 0 Å². The summed E-state index contributed by atoms with van der Waals surface area (Å²) >= 11 is 14.0. The molecule has 3 rings (SSSR count). The fourth-order valence-corrected chi connectivity index (χ4v) is 6.22. The van der Waals surface area contributed by atoms with Crippen LogP contribution in [0.5, 0.6) is 0 Å². The van der Waals surface area contributed by atoms with Crippen molar-refractivity contribution in [2.24, 2.45) is 0 Å². The van der Waals surface area contributed by atoms with Crippen LogP contribution in [0.4, 0.5) is 0 Å². The third-order valence-corrected chi connectivity index (χ3v) is 7.77. The minimum atomic E-state index is -3.52. The summed E-state index contributed by atoms with van der Waals surface area (Å²) in [5.41, 5.74) is 1.08. The van der Waals surface area contributed by atoms with E-state index >= 15 is 0 Å². The van der Waals surface area contributed by atoms with Crippen molar-refractivity contribution in [3.8, 4) is 0 Å². The molecule has 0 radical (unpaired) electrons. The third-order valence-electron chi connectivity index (χ3n) is 3.99. The fraction of sp³-hybridized carbons (Fsp3) is 0.294. The smallest absolute Gasteiger partial charge is 0.207 e. The van der Waals surface area contributed by atoms with Crippen molar-refractivity contribution in [2.75, 3.05) is 18.8 Å². The average Bonchev–Trinajstić information content (AvgIpc) is 2.82. The van der Waals surface area contributed by atoms with E-state index < -0.39 is 10.0 Å². The molecular formula is C17H17Cl2NO2S2. The van der Waals surface area contributed by atoms with Gasteiger partial charge in [0.25, 0.3) is 0 Å². The lowest BCUT2D eigenvalue weighted by atomic mass is 10.1. The van der Waals surface area contributed by atoms with E-state index in [1.807, 2.05) is 24.3 Å². The Hall–Kier alpha value is -0.720. The molecule has 0 bridgehead atoms. The zero-order valence-electron chi connectivity index (χ0n) is 12.9. The minimum Gasteiger partial charge on any atom is -0.207 e. The summed E-state index contributed by atoms with van der Waals surface area (Å²) in [7, 11) is -3.52. The van der Waals surface area contributed by atoms with Crippen LogP contribution < -0.4 is 0 Å². The molecule has 0 amide bonds. The molecule has 2 aromatic rings. The van der Waals surface area contributed by atoms with Gasteiger partial charge in [-0.2, -0.15) is 16.1 Å². The molecular weight excluding hydrogens is 385 g/mol. The summed E-state index contributed by atoms with van der Waals surface area (Å²) in [6.45, 7) is 0.957. The molecule has 0 saturated carbocycles. The quantitative estimate of drug-likeness (QED) is 0.736. The summed E-state index contributed by atoms with van der Waals surface area (Å²) < 4.78 is 27.2. The Balaban J connectivity index is 1.79. The number of hydrogen-bond acceptors (Lipinski definition) is 3. The van der Waals surface area contributed by atoms with Gasteiger partial charge in [0.1, 0.15) is 0 Å². The lowest BCUT2D eigenvalue weighted by molar-refractivity contribution is 0.428. The van der Waals surface area contributed by atoms with E-state index in [0.717, 1.165) is 22.8 Å². The SMILES string of the molecule is O=S(=O)(c1cccc(Cl)c1)N1CCSC(c2ccccc2Cl)CC1. The first-order valence-electron chi connectivity index (χ1n) is 7.60. The molecule has 1 fully saturated rings. The van der Waals surface area contributed by atoms with Crippen LogP contribution in [0.15, 0.2) is 53.4 Å². The lowest BCUT2D eigenvalue weighted by Gasteiger charge is -2.20. The van der Waals surface area contributed by atoms with Crippen molar-refractivity contribution in [3.63, 3.8) is 0 Å². The molecule has 7 heteroatoms. The van der Waals surface area contributed by atoms with Crippen LogP contribution in [-0.2, 0) is 10.0 Å². The predicted molar refractivity (Wildman–Crippen MR) is 101 cm³/mol. The van der Waals surface area contributed by atoms with Crippen LogP contribution >= 0.6 is 35.0 Å². The van der Waals surface area contributed by atoms with Gasteiger partial charge in [-0.25, -0.2) is 8.42 Å². The van der Waals surface area contributed by atoms with Crippen molar-refractivity contribution in [2.45, 2.75) is 16.6 Å². The van der Waals surface area contributed by atoms with Gasteiger partial charge in [-0.3, -0.25) is 0 Å². The van der Waals surface area contributed by atoms with Gasteiger partial charge in [0, 0.05) is 34.1 Å². The Kier molecular flexibility index (Phi) is 5.78. The zero-order valence-corrected chi connectivity index (χ0v) is 16.0. The average molecular weight is 402 g/mol. The summed E-state index contributed by atoms with van der Waals surface area (Å²) in [6, 6.07) is 14.2. The first-order valence-corrected chi connectivity index (χ1v) is 10.8. The van der Waals surface area contributed by atoms with Gasteiger partial charge in [-0.1, -0.05) is 47.5 Å². The van der Waals surface area contributed by atoms with E-state index in [1.54, 1.807) is 34.3 Å². The fourth-order valence-electron chi connectivity index (χ4n) is 2.75. The van der Waals surface area contributed by atoms with Crippen LogP contribution in [0.2, 0.25) is 10.0 Å². The maximum atomic E-state index is 12.8. The van der Waals surface area contributed by atoms with Crippen molar-refractivity contribution in [3.05, 3.63) is 64.1 Å². The Morgan fingerprint density at radius 1 is 1.04 bits per heavy atom. The monoisotopic (exact) mass is 401 g/mol. The van der Waals surface area contributed by atoms with Crippen molar-refractivity contribution in [1.82, 2.24) is 4.31 Å². The molecule has 128 valence electrons. The Bertz CT molecular complexity index is 827. The highest BCUT2D eigenvalue weighted by Crippen LogP contribution is 2.38. The van der Waals surface area contributed by atoms with E-state index in [4.69, 9.17) is 23.2 Å². The van der Waals surface area contributed by atoms with E-state index in [0.29, 0.717) is 18.1 Å². The molecule has 3 nitrogen and oxygen atoms in total. The van der Waals surface area contributed by atoms with E-state index in [-0.39, 0.29) is 10.1 Å². The molecule has 1 atom stereocenters. The highest BCUT2D eigenvalue weighted by molar-refractivity contribution is 7.99. The van der Waals surface area contributed by atoms with Gasteiger partial charge >= 0.3 is 0 Å². The first-order chi connectivity index (χ1) is 11.5. The summed E-state index contributed by atoms with van der Waals surface area (Å²) in [5.74, 6) is 0.732. The lowest BCUT2D eigenvalue weighted by Crippen LogP contribution is -2.33. The minimum absolute atomic E-state index is 0.207. The number of sulfonamides is 1. The maximum absolute atomic E-state index is 12.8. The third kappa shape index (κ3) is 3.92. The second-order valence-corrected chi connectivity index (χ2v) is 9.62. The standard InChI is InChI=1S/C17H17Cl2NO2S2/c18-13-4-3-5-14(12-13)24(21,22)20-9-8-17(23-11-10-20)15-6-1-2-7-16(15)19/h1-7,12,17H,8-11H2. The first kappa shape index (κ1) is 18.1. The highest BCUT2D eigenvalue weighted by Gasteiger charge is 2.29. The number of thioether (sulfide) groups is 1. The van der Waals surface area contributed by atoms with Gasteiger partial charge < -0.3 is 0 Å². The summed E-state index contributed by atoms with van der Waals surface area (Å²) in [6.07, 6.45) is 0.730. The number of nitrogens with zero attached hydrogens (tertiary/aromatic N) is 1. The molecule has 0 spiro atoms. The van der Waals surface area contributed by atoms with Crippen LogP contribution in [0, 0.1) is 0 Å². The van der Waals surface area contributed by atoms with Crippen molar-refractivity contribution < 1.29 is 8.42 Å². The molecule has 1 unspecified atom stereocenters. The highest BCUT2D eigenvalue weighted by atomic mass is 35.5. The second kappa shape index (κ2) is 7.67. The molecule has 1 aliphatic rings. The number of benzene rings is 2. The summed E-state index contributed by atoms with van der Waals surface area (Å²) in [5, 5.41) is 1.37. The second-order valence-electron chi connectivity index (χ2n) is 5.53. The zero-order chi connectivity index (χ0) is 17.2. The van der Waals surface area contributed by atoms with Crippen LogP contribution in [0.1, 0.15) is 17.2 Å². The Morgan fingerprint density at radius 2 is 1.83 bits per heavy atom. The molecule has 0 N–H and O–H groups in total. The number of rotatable bonds is 3. The van der Waals surface area contributed by atoms with Gasteiger partial charge in [-0.15, -0.1) is 0 Å². The van der Waals surface area contributed by atoms with Crippen LogP contribution in [-0.4, -0.2) is 31.6 Å². The normalized spacial score (nSPS) is 19.8. The molecule has 2 aromatic carbocycles. The van der Waals surface area contributed by atoms with Gasteiger partial charge in [-0.05, 0) is 36.2 Å². The largest absolute Gasteiger partial charge is 0.243 e. The molecule has 24 heavy (non-hydrogen) atoms. The van der Waals surface area contributed by atoms with Gasteiger partial charge in [0.15, 0.2) is 0 Å². The topological polar surface area (TPSA) is 37.4 Å². The van der Waals surface area contributed by atoms with Crippen molar-refractivity contribution in [1.29, 1.82) is 0 Å².